The molecule has 0 radical (unpaired) electrons. The van der Waals surface area contributed by atoms with Crippen molar-refractivity contribution in [3.05, 3.63) is 0 Å². The van der Waals surface area contributed by atoms with Crippen LogP contribution in [0, 0.1) is 0 Å². The summed E-state index contributed by atoms with van der Waals surface area (Å²) in [6, 6.07) is 0. The zero-order valence-corrected chi connectivity index (χ0v) is 11.7. The van der Waals surface area contributed by atoms with Crippen molar-refractivity contribution < 1.29 is 29.1 Å². The number of aliphatic hydroxyl groups excluding tert-OH is 1. The number of carbonyl (C=O) groups excluding carboxylic acids is 1. The molecule has 1 saturated heterocycles. The highest BCUT2D eigenvalue weighted by Crippen LogP contribution is 2.03. The molecule has 17 heavy (non-hydrogen) atoms. The number of rotatable bonds is 0. The lowest BCUT2D eigenvalue weighted by atomic mass is 10.4. The zero-order valence-electron chi connectivity index (χ0n) is 10.8. The molecular formula is C6H25N4O6P. The van der Waals surface area contributed by atoms with Gasteiger partial charge < -0.3 is 48.1 Å². The second kappa shape index (κ2) is 17.8. The summed E-state index contributed by atoms with van der Waals surface area (Å²) >= 11 is 0. The fraction of sp³-hybridized carbons (Fsp3) is 0.833. The van der Waals surface area contributed by atoms with E-state index in [0.29, 0.717) is 0 Å². The molecule has 0 aromatic rings. The maximum atomic E-state index is 10.1. The Balaban J connectivity index is -0.0000000409. The van der Waals surface area contributed by atoms with Crippen LogP contribution in [0.15, 0.2) is 0 Å². The molecule has 1 amide bonds. The number of carbonyl (C=O) groups is 1. The zero-order chi connectivity index (χ0) is 11.6. The predicted molar refractivity (Wildman–Crippen MR) is 60.6 cm³/mol. The van der Waals surface area contributed by atoms with Gasteiger partial charge in [-0.05, 0) is 13.3 Å². The molecule has 0 atom stereocenters. The normalized spacial score (nSPS) is 11.9. The number of phosphoric acid groups is 1. The predicted octanol–water partition coefficient (Wildman–Crippen LogP) is -1.80. The van der Waals surface area contributed by atoms with E-state index in [1.807, 2.05) is 0 Å². The van der Waals surface area contributed by atoms with Gasteiger partial charge in [-0.25, -0.2) is 0 Å². The lowest BCUT2D eigenvalue weighted by Crippen LogP contribution is -2.24. The van der Waals surface area contributed by atoms with Crippen molar-refractivity contribution in [3.63, 3.8) is 0 Å². The molecule has 1 rings (SSSR count). The summed E-state index contributed by atoms with van der Waals surface area (Å²) in [5, 5.41) is 10.2. The molecule has 110 valence electrons. The van der Waals surface area contributed by atoms with Crippen LogP contribution in [-0.2, 0) is 9.36 Å². The van der Waals surface area contributed by atoms with Crippen LogP contribution in [0.25, 0.3) is 0 Å². The quantitative estimate of drug-likeness (QED) is 0.320. The van der Waals surface area contributed by atoms with Gasteiger partial charge in [-0.3, -0.25) is 4.79 Å². The van der Waals surface area contributed by atoms with Crippen LogP contribution in [0.4, 0.5) is 0 Å². The van der Waals surface area contributed by atoms with Crippen molar-refractivity contribution in [2.75, 3.05) is 13.2 Å². The molecule has 0 aromatic carbocycles. The van der Waals surface area contributed by atoms with Gasteiger partial charge in [-0.1, -0.05) is 0 Å². The summed E-state index contributed by atoms with van der Waals surface area (Å²) in [6.45, 7) is 2.82. The van der Waals surface area contributed by atoms with Crippen LogP contribution in [0.3, 0.4) is 0 Å². The summed E-state index contributed by atoms with van der Waals surface area (Å²) < 4.78 is 8.55. The summed E-state index contributed by atoms with van der Waals surface area (Å²) in [5.41, 5.74) is 0. The highest BCUT2D eigenvalue weighted by molar-refractivity contribution is 7.40. The van der Waals surface area contributed by atoms with Crippen molar-refractivity contribution in [1.29, 1.82) is 0 Å². The van der Waals surface area contributed by atoms with Gasteiger partial charge in [-0.15, -0.1) is 0 Å². The first-order valence-corrected chi connectivity index (χ1v) is 5.38. The average Bonchev–Trinajstić information content (AvgIpc) is 2.37. The lowest BCUT2D eigenvalue weighted by Gasteiger charge is -2.36. The molecule has 14 N–H and O–H groups in total. The lowest BCUT2D eigenvalue weighted by molar-refractivity contribution is -0.432. The molecule has 10 nitrogen and oxygen atoms in total. The van der Waals surface area contributed by atoms with E-state index in [-0.39, 0.29) is 31.0 Å². The average molecular weight is 280 g/mol. The van der Waals surface area contributed by atoms with Gasteiger partial charge >= 0.3 is 0 Å². The number of nitrogens with one attached hydrogen (secondary N) is 1. The molecular weight excluding hydrogens is 255 g/mol. The summed E-state index contributed by atoms with van der Waals surface area (Å²) in [4.78, 5) is 35.8. The van der Waals surface area contributed by atoms with E-state index in [1.54, 1.807) is 6.92 Å². The minimum Gasteiger partial charge on any atom is -0.822 e. The van der Waals surface area contributed by atoms with Gasteiger partial charge in [0.15, 0.2) is 0 Å². The third-order valence-corrected chi connectivity index (χ3v) is 0.903. The van der Waals surface area contributed by atoms with Gasteiger partial charge in [0.1, 0.15) is 0 Å². The Morgan fingerprint density at radius 1 is 1.29 bits per heavy atom. The molecule has 1 fully saturated rings. The second-order valence-corrected chi connectivity index (χ2v) is 3.11. The maximum Gasteiger partial charge on any atom is 0.220 e. The molecule has 0 saturated carbocycles. The first-order chi connectivity index (χ1) is 6.31. The van der Waals surface area contributed by atoms with Crippen LogP contribution in [0.5, 0.6) is 0 Å². The highest BCUT2D eigenvalue weighted by atomic mass is 31.2. The van der Waals surface area contributed by atoms with Crippen LogP contribution in [0.2, 0.25) is 0 Å². The van der Waals surface area contributed by atoms with E-state index in [4.69, 9.17) is 24.4 Å². The SMILES string of the molecule is CCO.O=C1CCCN1.O=P([O-])([O-])[O-].[NH4+].[NH4+].[NH4+]. The Bertz CT molecular complexity index is 183. The van der Waals surface area contributed by atoms with E-state index < -0.39 is 7.82 Å². The second-order valence-electron chi connectivity index (χ2n) is 2.22. The molecule has 0 bridgehead atoms. The van der Waals surface area contributed by atoms with Crippen molar-refractivity contribution in [2.24, 2.45) is 0 Å². The van der Waals surface area contributed by atoms with Crippen LogP contribution < -0.4 is 38.4 Å². The highest BCUT2D eigenvalue weighted by Gasteiger charge is 2.05. The van der Waals surface area contributed by atoms with Crippen molar-refractivity contribution >= 4 is 13.7 Å². The minimum absolute atomic E-state index is 0. The van der Waals surface area contributed by atoms with Crippen molar-refractivity contribution in [3.8, 4) is 0 Å². The molecule has 1 heterocycles. The molecule has 1 aliphatic heterocycles. The largest absolute Gasteiger partial charge is 0.822 e. The maximum absolute atomic E-state index is 10.1. The monoisotopic (exact) mass is 280 g/mol. The van der Waals surface area contributed by atoms with E-state index >= 15 is 0 Å². The first kappa shape index (κ1) is 29.9. The van der Waals surface area contributed by atoms with Crippen LogP contribution in [0.1, 0.15) is 19.8 Å². The number of quaternary nitrogens is 3. The smallest absolute Gasteiger partial charge is 0.220 e. The fourth-order valence-electron chi connectivity index (χ4n) is 0.565. The molecule has 11 heteroatoms. The first-order valence-electron chi connectivity index (χ1n) is 3.91. The van der Waals surface area contributed by atoms with Crippen LogP contribution in [-0.4, -0.2) is 24.2 Å². The number of aliphatic hydroxyl groups is 1. The standard InChI is InChI=1S/C4H7NO.C2H6O.3H3N.H3O4P/c6-4-2-1-3-5-4;1-2-3;;;;1-5(2,3)4/h1-3H2,(H,5,6);3H,2H2,1H3;3*1H3;(H3,1,2,3,4). The summed E-state index contributed by atoms with van der Waals surface area (Å²) in [6.07, 6.45) is 1.76. The molecule has 1 aliphatic rings. The molecule has 0 spiro atoms. The van der Waals surface area contributed by atoms with Crippen molar-refractivity contribution in [2.45, 2.75) is 19.8 Å². The third kappa shape index (κ3) is 67.4. The van der Waals surface area contributed by atoms with E-state index in [2.05, 4.69) is 5.32 Å². The number of hydrogen-bond donors (Lipinski definition) is 5. The third-order valence-electron chi connectivity index (χ3n) is 0.903. The fourth-order valence-corrected chi connectivity index (χ4v) is 0.565. The van der Waals surface area contributed by atoms with E-state index in [1.165, 1.54) is 0 Å². The minimum atomic E-state index is -5.39. The molecule has 0 unspecified atom stereocenters. The Morgan fingerprint density at radius 2 is 1.59 bits per heavy atom. The topological polar surface area (TPSA) is 245 Å². The van der Waals surface area contributed by atoms with Crippen molar-refractivity contribution in [1.82, 2.24) is 23.8 Å². The summed E-state index contributed by atoms with van der Waals surface area (Å²) in [7, 11) is -5.39. The van der Waals surface area contributed by atoms with Gasteiger partial charge in [0.2, 0.25) is 5.91 Å². The van der Waals surface area contributed by atoms with E-state index in [0.717, 1.165) is 19.4 Å². The van der Waals surface area contributed by atoms with Gasteiger partial charge in [0.05, 0.1) is 0 Å². The Hall–Kier alpha value is -0.580. The van der Waals surface area contributed by atoms with Gasteiger partial charge in [0.25, 0.3) is 0 Å². The Kier molecular flexibility index (Phi) is 31.4. The molecule has 0 aromatic heterocycles. The van der Waals surface area contributed by atoms with Gasteiger partial charge in [-0.2, -0.15) is 7.82 Å². The number of hydrogen-bond acceptors (Lipinski definition) is 6. The summed E-state index contributed by atoms with van der Waals surface area (Å²) in [5.74, 6) is 0.204. The Morgan fingerprint density at radius 3 is 1.65 bits per heavy atom. The van der Waals surface area contributed by atoms with Crippen LogP contribution >= 0.6 is 7.82 Å². The number of amides is 1. The van der Waals surface area contributed by atoms with E-state index in [9.17, 15) is 4.79 Å². The molecule has 0 aliphatic carbocycles. The Labute approximate surface area is 100 Å². The van der Waals surface area contributed by atoms with Gasteiger partial charge in [0, 0.05) is 19.6 Å².